The van der Waals surface area contributed by atoms with Gasteiger partial charge in [0, 0.05) is 15.8 Å². The summed E-state index contributed by atoms with van der Waals surface area (Å²) in [6.45, 7) is 3.56. The van der Waals surface area contributed by atoms with Crippen LogP contribution in [0, 0.1) is 0 Å². The molecule has 0 bridgehead atoms. The first-order valence-electron chi connectivity index (χ1n) is 7.34. The summed E-state index contributed by atoms with van der Waals surface area (Å²) in [6.07, 6.45) is 0. The van der Waals surface area contributed by atoms with Crippen LogP contribution in [0.1, 0.15) is 33.9 Å². The molecule has 5 nitrogen and oxygen atoms in total. The standard InChI is InChI=1S/C17H14ClN3O2S2/c1-9(2)20-21-15(22)11-7-8-24-17(11)19-16(23)14-13(18)10-5-3-4-6-12(10)25-14/h3-8H,1-2H3,(H,19,23)(H,21,22). The topological polar surface area (TPSA) is 70.6 Å². The van der Waals surface area contributed by atoms with Crippen molar-refractivity contribution in [1.29, 1.82) is 0 Å². The van der Waals surface area contributed by atoms with E-state index in [4.69, 9.17) is 11.6 Å². The normalized spacial score (nSPS) is 10.5. The maximum Gasteiger partial charge on any atom is 0.274 e. The van der Waals surface area contributed by atoms with Crippen molar-refractivity contribution in [2.45, 2.75) is 13.8 Å². The van der Waals surface area contributed by atoms with Gasteiger partial charge in [-0.05, 0) is 31.4 Å². The van der Waals surface area contributed by atoms with E-state index in [-0.39, 0.29) is 11.8 Å². The Balaban J connectivity index is 1.84. The van der Waals surface area contributed by atoms with E-state index in [1.807, 2.05) is 24.3 Å². The van der Waals surface area contributed by atoms with E-state index in [2.05, 4.69) is 15.8 Å². The molecule has 0 aliphatic rings. The highest BCUT2D eigenvalue weighted by molar-refractivity contribution is 7.22. The van der Waals surface area contributed by atoms with Gasteiger partial charge in [-0.3, -0.25) is 9.59 Å². The van der Waals surface area contributed by atoms with Crippen LogP contribution in [0.25, 0.3) is 10.1 Å². The Morgan fingerprint density at radius 3 is 2.60 bits per heavy atom. The molecular formula is C17H14ClN3O2S2. The van der Waals surface area contributed by atoms with Gasteiger partial charge in [0.2, 0.25) is 0 Å². The molecule has 0 fully saturated rings. The Labute approximate surface area is 157 Å². The fourth-order valence-electron chi connectivity index (χ4n) is 2.13. The minimum Gasteiger partial charge on any atom is -0.312 e. The second-order valence-electron chi connectivity index (χ2n) is 5.36. The van der Waals surface area contributed by atoms with Crippen molar-refractivity contribution in [2.75, 3.05) is 5.32 Å². The SMILES string of the molecule is CC(C)=NNC(=O)c1ccsc1NC(=O)c1sc2ccccc2c1Cl. The molecule has 0 radical (unpaired) electrons. The number of fused-ring (bicyclic) bond motifs is 1. The number of nitrogens with zero attached hydrogens (tertiary/aromatic N) is 1. The monoisotopic (exact) mass is 391 g/mol. The molecule has 2 amide bonds. The van der Waals surface area contributed by atoms with Crippen LogP contribution in [0.3, 0.4) is 0 Å². The van der Waals surface area contributed by atoms with E-state index in [9.17, 15) is 9.59 Å². The van der Waals surface area contributed by atoms with Crippen LogP contribution < -0.4 is 10.7 Å². The van der Waals surface area contributed by atoms with Crippen LogP contribution in [0.4, 0.5) is 5.00 Å². The van der Waals surface area contributed by atoms with Crippen molar-refractivity contribution in [1.82, 2.24) is 5.43 Å². The largest absolute Gasteiger partial charge is 0.312 e. The summed E-state index contributed by atoms with van der Waals surface area (Å²) in [4.78, 5) is 25.2. The van der Waals surface area contributed by atoms with Crippen molar-refractivity contribution in [3.05, 3.63) is 51.2 Å². The molecule has 8 heteroatoms. The van der Waals surface area contributed by atoms with Gasteiger partial charge in [-0.25, -0.2) is 5.43 Å². The number of thiophene rings is 2. The molecule has 0 atom stereocenters. The lowest BCUT2D eigenvalue weighted by Crippen LogP contribution is -2.20. The Kier molecular flexibility index (Phi) is 5.17. The Bertz CT molecular complexity index is 987. The number of nitrogens with one attached hydrogen (secondary N) is 2. The van der Waals surface area contributed by atoms with Crippen molar-refractivity contribution < 1.29 is 9.59 Å². The van der Waals surface area contributed by atoms with E-state index in [0.717, 1.165) is 15.8 Å². The fraction of sp³-hybridized carbons (Fsp3) is 0.118. The van der Waals surface area contributed by atoms with Gasteiger partial charge in [0.05, 0.1) is 10.6 Å². The van der Waals surface area contributed by atoms with Gasteiger partial charge in [-0.2, -0.15) is 5.10 Å². The van der Waals surface area contributed by atoms with Crippen LogP contribution in [0.2, 0.25) is 5.02 Å². The number of rotatable bonds is 4. The van der Waals surface area contributed by atoms with Crippen LogP contribution in [0.15, 0.2) is 40.8 Å². The molecular weight excluding hydrogens is 378 g/mol. The minimum atomic E-state index is -0.375. The summed E-state index contributed by atoms with van der Waals surface area (Å²) in [5, 5.41) is 10.1. The van der Waals surface area contributed by atoms with Crippen molar-refractivity contribution in [3.63, 3.8) is 0 Å². The van der Waals surface area contributed by atoms with E-state index in [1.165, 1.54) is 22.7 Å². The molecule has 1 aromatic carbocycles. The third-order valence-corrected chi connectivity index (χ3v) is 5.76. The van der Waals surface area contributed by atoms with Crippen molar-refractivity contribution >= 4 is 66.9 Å². The summed E-state index contributed by atoms with van der Waals surface area (Å²) in [7, 11) is 0. The average molecular weight is 392 g/mol. The summed E-state index contributed by atoms with van der Waals surface area (Å²) in [5.74, 6) is -0.710. The van der Waals surface area contributed by atoms with Gasteiger partial charge in [-0.1, -0.05) is 29.8 Å². The third kappa shape index (κ3) is 3.73. The zero-order valence-electron chi connectivity index (χ0n) is 13.4. The molecule has 0 aliphatic heterocycles. The van der Waals surface area contributed by atoms with Crippen LogP contribution >= 0.6 is 34.3 Å². The minimum absolute atomic E-state index is 0.335. The molecule has 0 saturated carbocycles. The molecule has 128 valence electrons. The molecule has 3 rings (SSSR count). The molecule has 0 saturated heterocycles. The van der Waals surface area contributed by atoms with Crippen molar-refractivity contribution in [2.24, 2.45) is 5.10 Å². The van der Waals surface area contributed by atoms with Gasteiger partial charge in [-0.15, -0.1) is 22.7 Å². The Hall–Kier alpha value is -2.22. The highest BCUT2D eigenvalue weighted by Crippen LogP contribution is 2.36. The lowest BCUT2D eigenvalue weighted by atomic mass is 10.2. The smallest absolute Gasteiger partial charge is 0.274 e. The molecule has 0 aliphatic carbocycles. The number of carbonyl (C=O) groups excluding carboxylic acids is 2. The zero-order valence-corrected chi connectivity index (χ0v) is 15.8. The van der Waals surface area contributed by atoms with Crippen LogP contribution in [-0.2, 0) is 0 Å². The highest BCUT2D eigenvalue weighted by atomic mass is 35.5. The van der Waals surface area contributed by atoms with E-state index >= 15 is 0 Å². The van der Waals surface area contributed by atoms with Crippen LogP contribution in [-0.4, -0.2) is 17.5 Å². The molecule has 0 unspecified atom stereocenters. The van der Waals surface area contributed by atoms with Gasteiger partial charge < -0.3 is 5.32 Å². The van der Waals surface area contributed by atoms with E-state index < -0.39 is 0 Å². The Morgan fingerprint density at radius 1 is 1.12 bits per heavy atom. The summed E-state index contributed by atoms with van der Waals surface area (Å²) in [6, 6.07) is 9.20. The third-order valence-electron chi connectivity index (χ3n) is 3.26. The number of hydrogen-bond donors (Lipinski definition) is 2. The molecule has 0 spiro atoms. The Morgan fingerprint density at radius 2 is 1.88 bits per heavy atom. The first-order valence-corrected chi connectivity index (χ1v) is 9.42. The maximum atomic E-state index is 12.6. The molecule has 2 heterocycles. The second kappa shape index (κ2) is 7.35. The van der Waals surface area contributed by atoms with Gasteiger partial charge in [0.15, 0.2) is 0 Å². The van der Waals surface area contributed by atoms with E-state index in [1.54, 1.807) is 25.3 Å². The maximum absolute atomic E-state index is 12.6. The van der Waals surface area contributed by atoms with Crippen molar-refractivity contribution in [3.8, 4) is 0 Å². The lowest BCUT2D eigenvalue weighted by molar-refractivity contribution is 0.0956. The number of halogens is 1. The predicted molar refractivity (Wildman–Crippen MR) is 105 cm³/mol. The van der Waals surface area contributed by atoms with E-state index in [0.29, 0.717) is 20.5 Å². The first kappa shape index (κ1) is 17.6. The predicted octanol–water partition coefficient (Wildman–Crippen LogP) is 4.99. The molecule has 2 aromatic heterocycles. The lowest BCUT2D eigenvalue weighted by Gasteiger charge is -2.05. The fourth-order valence-corrected chi connectivity index (χ4v) is 4.32. The number of amides is 2. The number of carbonyl (C=O) groups is 2. The first-order chi connectivity index (χ1) is 12.0. The molecule has 25 heavy (non-hydrogen) atoms. The van der Waals surface area contributed by atoms with Crippen LogP contribution in [0.5, 0.6) is 0 Å². The average Bonchev–Trinajstić information content (AvgIpc) is 3.18. The quantitative estimate of drug-likeness (QED) is 0.485. The van der Waals surface area contributed by atoms with Gasteiger partial charge >= 0.3 is 0 Å². The molecule has 2 N–H and O–H groups in total. The highest BCUT2D eigenvalue weighted by Gasteiger charge is 2.20. The second-order valence-corrected chi connectivity index (χ2v) is 7.71. The summed E-state index contributed by atoms with van der Waals surface area (Å²) in [5.41, 5.74) is 3.54. The molecule has 3 aromatic rings. The summed E-state index contributed by atoms with van der Waals surface area (Å²) < 4.78 is 0.939. The number of benzene rings is 1. The van der Waals surface area contributed by atoms with Gasteiger partial charge in [0.25, 0.3) is 11.8 Å². The number of anilines is 1. The van der Waals surface area contributed by atoms with Gasteiger partial charge in [0.1, 0.15) is 9.88 Å². The summed E-state index contributed by atoms with van der Waals surface area (Å²) >= 11 is 8.92. The number of hydrazone groups is 1. The zero-order chi connectivity index (χ0) is 18.0. The number of hydrogen-bond acceptors (Lipinski definition) is 5.